The number of esters is 2. The molecule has 4 atom stereocenters. The molecule has 0 N–H and O–H groups in total. The standard InChI is InChI=1S/C14H14O4/c15-12-10-8-3-4-14(6-8,11(10)13(16)18-12)7-9-2-1-5-17-9/h1-2,5,8,10-11H,3-4,6-7H2. The molecule has 94 valence electrons. The van der Waals surface area contributed by atoms with Crippen molar-refractivity contribution in [2.75, 3.05) is 0 Å². The fraction of sp³-hybridized carbons (Fsp3) is 0.571. The molecule has 4 nitrogen and oxygen atoms in total. The Kier molecular flexibility index (Phi) is 1.87. The van der Waals surface area contributed by atoms with Crippen LogP contribution in [0.1, 0.15) is 25.0 Å². The molecule has 4 rings (SSSR count). The van der Waals surface area contributed by atoms with E-state index in [-0.39, 0.29) is 29.2 Å². The first-order valence-corrected chi connectivity index (χ1v) is 6.48. The van der Waals surface area contributed by atoms with Crippen molar-refractivity contribution in [3.8, 4) is 0 Å². The maximum Gasteiger partial charge on any atom is 0.318 e. The Morgan fingerprint density at radius 3 is 3.00 bits per heavy atom. The van der Waals surface area contributed by atoms with Gasteiger partial charge < -0.3 is 9.15 Å². The summed E-state index contributed by atoms with van der Waals surface area (Å²) in [5.41, 5.74) is -0.101. The zero-order valence-corrected chi connectivity index (χ0v) is 9.93. The summed E-state index contributed by atoms with van der Waals surface area (Å²) in [7, 11) is 0. The van der Waals surface area contributed by atoms with Crippen molar-refractivity contribution >= 4 is 11.9 Å². The van der Waals surface area contributed by atoms with E-state index in [1.165, 1.54) is 0 Å². The van der Waals surface area contributed by atoms with Gasteiger partial charge >= 0.3 is 11.9 Å². The summed E-state index contributed by atoms with van der Waals surface area (Å²) in [5.74, 6) is 0.234. The SMILES string of the molecule is O=C1OC(=O)C2C1C1CCC2(Cc2ccco2)C1. The number of hydrogen-bond donors (Lipinski definition) is 0. The van der Waals surface area contributed by atoms with E-state index in [1.807, 2.05) is 12.1 Å². The fourth-order valence-electron chi connectivity index (χ4n) is 4.43. The van der Waals surface area contributed by atoms with Gasteiger partial charge in [0.25, 0.3) is 0 Å². The second kappa shape index (κ2) is 3.25. The average Bonchev–Trinajstić information content (AvgIpc) is 3.04. The predicted octanol–water partition coefficient (Wildman–Crippen LogP) is 1.94. The van der Waals surface area contributed by atoms with Crippen LogP contribution in [0.2, 0.25) is 0 Å². The molecule has 3 aliphatic rings. The third-order valence-electron chi connectivity index (χ3n) is 5.04. The van der Waals surface area contributed by atoms with Crippen molar-refractivity contribution in [2.24, 2.45) is 23.2 Å². The zero-order valence-electron chi connectivity index (χ0n) is 9.93. The molecule has 2 bridgehead atoms. The second-order valence-corrected chi connectivity index (χ2v) is 5.86. The highest BCUT2D eigenvalue weighted by Crippen LogP contribution is 2.64. The summed E-state index contributed by atoms with van der Waals surface area (Å²) in [4.78, 5) is 23.7. The number of cyclic esters (lactones) is 2. The Labute approximate surface area is 104 Å². The van der Waals surface area contributed by atoms with Gasteiger partial charge in [0, 0.05) is 6.42 Å². The van der Waals surface area contributed by atoms with E-state index in [0.717, 1.165) is 31.4 Å². The molecular formula is C14H14O4. The summed E-state index contributed by atoms with van der Waals surface area (Å²) < 4.78 is 10.3. The normalized spacial score (nSPS) is 41.2. The van der Waals surface area contributed by atoms with Crippen molar-refractivity contribution in [3.05, 3.63) is 24.2 Å². The molecule has 1 aliphatic heterocycles. The first kappa shape index (κ1) is 10.4. The molecule has 18 heavy (non-hydrogen) atoms. The Hall–Kier alpha value is -1.58. The van der Waals surface area contributed by atoms with Crippen LogP contribution in [0.5, 0.6) is 0 Å². The largest absolute Gasteiger partial charge is 0.469 e. The van der Waals surface area contributed by atoms with E-state index >= 15 is 0 Å². The summed E-state index contributed by atoms with van der Waals surface area (Å²) in [6.45, 7) is 0. The van der Waals surface area contributed by atoms with E-state index in [9.17, 15) is 9.59 Å². The fourth-order valence-corrected chi connectivity index (χ4v) is 4.43. The van der Waals surface area contributed by atoms with Crippen LogP contribution in [-0.2, 0) is 20.7 Å². The topological polar surface area (TPSA) is 56.5 Å². The molecule has 1 aromatic heterocycles. The molecule has 1 saturated heterocycles. The number of furan rings is 1. The third kappa shape index (κ3) is 1.15. The summed E-state index contributed by atoms with van der Waals surface area (Å²) >= 11 is 0. The highest BCUT2D eigenvalue weighted by atomic mass is 16.6. The van der Waals surface area contributed by atoms with Crippen molar-refractivity contribution in [3.63, 3.8) is 0 Å². The minimum atomic E-state index is -0.307. The third-order valence-corrected chi connectivity index (χ3v) is 5.04. The number of carbonyl (C=O) groups excluding carboxylic acids is 2. The van der Waals surface area contributed by atoms with Crippen molar-refractivity contribution in [1.82, 2.24) is 0 Å². The van der Waals surface area contributed by atoms with E-state index in [4.69, 9.17) is 9.15 Å². The van der Waals surface area contributed by atoms with Crippen LogP contribution in [0.4, 0.5) is 0 Å². The van der Waals surface area contributed by atoms with Crippen LogP contribution in [-0.4, -0.2) is 11.9 Å². The van der Waals surface area contributed by atoms with Gasteiger partial charge in [-0.3, -0.25) is 9.59 Å². The molecule has 2 heterocycles. The molecule has 4 heteroatoms. The maximum absolute atomic E-state index is 11.9. The molecular weight excluding hydrogens is 232 g/mol. The van der Waals surface area contributed by atoms with E-state index in [2.05, 4.69) is 0 Å². The van der Waals surface area contributed by atoms with Crippen molar-refractivity contribution < 1.29 is 18.7 Å². The molecule has 2 aliphatic carbocycles. The van der Waals surface area contributed by atoms with Gasteiger partial charge in [-0.05, 0) is 42.7 Å². The Morgan fingerprint density at radius 2 is 2.22 bits per heavy atom. The van der Waals surface area contributed by atoms with Gasteiger partial charge in [0.2, 0.25) is 0 Å². The van der Waals surface area contributed by atoms with Crippen molar-refractivity contribution in [1.29, 1.82) is 0 Å². The molecule has 0 spiro atoms. The lowest BCUT2D eigenvalue weighted by atomic mass is 9.69. The van der Waals surface area contributed by atoms with Gasteiger partial charge in [-0.15, -0.1) is 0 Å². The highest BCUT2D eigenvalue weighted by Gasteiger charge is 2.67. The molecule has 0 aromatic carbocycles. The minimum absolute atomic E-state index is 0.101. The van der Waals surface area contributed by atoms with E-state index < -0.39 is 0 Å². The summed E-state index contributed by atoms with van der Waals surface area (Å²) in [6.07, 6.45) is 5.40. The predicted molar refractivity (Wildman–Crippen MR) is 60.3 cm³/mol. The lowest BCUT2D eigenvalue weighted by Gasteiger charge is -2.31. The van der Waals surface area contributed by atoms with Crippen LogP contribution in [0.15, 0.2) is 22.8 Å². The van der Waals surface area contributed by atoms with Gasteiger partial charge in [0.15, 0.2) is 0 Å². The minimum Gasteiger partial charge on any atom is -0.469 e. The second-order valence-electron chi connectivity index (χ2n) is 5.86. The quantitative estimate of drug-likeness (QED) is 0.591. The Bertz CT molecular complexity index is 518. The van der Waals surface area contributed by atoms with Crippen molar-refractivity contribution in [2.45, 2.75) is 25.7 Å². The van der Waals surface area contributed by atoms with Crippen LogP contribution < -0.4 is 0 Å². The number of hydrogen-bond acceptors (Lipinski definition) is 4. The Balaban J connectivity index is 1.72. The monoisotopic (exact) mass is 246 g/mol. The molecule has 2 saturated carbocycles. The number of ether oxygens (including phenoxy) is 1. The van der Waals surface area contributed by atoms with E-state index in [0.29, 0.717) is 5.92 Å². The summed E-state index contributed by atoms with van der Waals surface area (Å²) in [5, 5.41) is 0. The van der Waals surface area contributed by atoms with Crippen LogP contribution in [0.25, 0.3) is 0 Å². The van der Waals surface area contributed by atoms with Gasteiger partial charge in [-0.2, -0.15) is 0 Å². The van der Waals surface area contributed by atoms with E-state index in [1.54, 1.807) is 6.26 Å². The van der Waals surface area contributed by atoms with Gasteiger partial charge in [0.05, 0.1) is 18.1 Å². The molecule has 0 radical (unpaired) electrons. The first-order valence-electron chi connectivity index (χ1n) is 6.48. The van der Waals surface area contributed by atoms with Crippen LogP contribution >= 0.6 is 0 Å². The smallest absolute Gasteiger partial charge is 0.318 e. The first-order chi connectivity index (χ1) is 8.70. The van der Waals surface area contributed by atoms with Gasteiger partial charge in [0.1, 0.15) is 5.76 Å². The van der Waals surface area contributed by atoms with Gasteiger partial charge in [-0.1, -0.05) is 0 Å². The zero-order chi connectivity index (χ0) is 12.3. The Morgan fingerprint density at radius 1 is 1.33 bits per heavy atom. The van der Waals surface area contributed by atoms with Crippen LogP contribution in [0.3, 0.4) is 0 Å². The average molecular weight is 246 g/mol. The van der Waals surface area contributed by atoms with Gasteiger partial charge in [-0.25, -0.2) is 0 Å². The number of fused-ring (bicyclic) bond motifs is 5. The lowest BCUT2D eigenvalue weighted by molar-refractivity contribution is -0.155. The maximum atomic E-state index is 11.9. The molecule has 3 fully saturated rings. The lowest BCUT2D eigenvalue weighted by Crippen LogP contribution is -2.35. The summed E-state index contributed by atoms with van der Waals surface area (Å²) in [6, 6.07) is 3.81. The molecule has 1 aromatic rings. The molecule has 4 unspecified atom stereocenters. The van der Waals surface area contributed by atoms with Crippen LogP contribution in [0, 0.1) is 23.2 Å². The number of carbonyl (C=O) groups is 2. The highest BCUT2D eigenvalue weighted by molar-refractivity contribution is 5.98. The number of rotatable bonds is 2. The molecule has 0 amide bonds.